The van der Waals surface area contributed by atoms with E-state index in [1.165, 1.54) is 21.6 Å². The smallest absolute Gasteiger partial charge is 0.254 e. The van der Waals surface area contributed by atoms with Crippen molar-refractivity contribution in [2.45, 2.75) is 100 Å². The van der Waals surface area contributed by atoms with Crippen LogP contribution >= 0.6 is 11.8 Å². The average Bonchev–Trinajstić information content (AvgIpc) is 3.17. The summed E-state index contributed by atoms with van der Waals surface area (Å²) in [4.78, 5) is 17.1. The molecule has 0 aromatic heterocycles. The van der Waals surface area contributed by atoms with Crippen molar-refractivity contribution in [2.24, 2.45) is 0 Å². The van der Waals surface area contributed by atoms with E-state index >= 15 is 0 Å². The highest BCUT2D eigenvalue weighted by Gasteiger charge is 2.44. The van der Waals surface area contributed by atoms with Crippen LogP contribution in [0, 0.1) is 0 Å². The molecular formula is C34H41NO2S. The predicted molar refractivity (Wildman–Crippen MR) is 158 cm³/mol. The Kier molecular flexibility index (Phi) is 7.90. The van der Waals surface area contributed by atoms with Crippen molar-refractivity contribution >= 4 is 17.7 Å². The first-order valence-corrected chi connectivity index (χ1v) is 15.1. The van der Waals surface area contributed by atoms with Crippen LogP contribution in [0.15, 0.2) is 77.7 Å². The van der Waals surface area contributed by atoms with Gasteiger partial charge in [0.05, 0.1) is 0 Å². The topological polar surface area (TPSA) is 29.5 Å². The van der Waals surface area contributed by atoms with Crippen LogP contribution in [0.1, 0.15) is 93.3 Å². The summed E-state index contributed by atoms with van der Waals surface area (Å²) in [6, 6.07) is 25.9. The highest BCUT2D eigenvalue weighted by Crippen LogP contribution is 2.39. The van der Waals surface area contributed by atoms with Gasteiger partial charge in [0.1, 0.15) is 11.9 Å². The Morgan fingerprint density at radius 1 is 0.921 bits per heavy atom. The number of thioether (sulfide) groups is 1. The maximum atomic E-state index is 13.6. The third kappa shape index (κ3) is 5.81. The summed E-state index contributed by atoms with van der Waals surface area (Å²) in [5.74, 6) is 2.51. The third-order valence-electron chi connectivity index (χ3n) is 8.05. The van der Waals surface area contributed by atoms with Crippen molar-refractivity contribution in [3.63, 3.8) is 0 Å². The minimum absolute atomic E-state index is 0.121. The number of amides is 1. The molecule has 200 valence electrons. The number of carbonyl (C=O) groups is 1. The highest BCUT2D eigenvalue weighted by atomic mass is 32.2. The van der Waals surface area contributed by atoms with Gasteiger partial charge in [-0.1, -0.05) is 83.1 Å². The molecular weight excluding hydrogens is 486 g/mol. The summed E-state index contributed by atoms with van der Waals surface area (Å²) in [7, 11) is 0. The van der Waals surface area contributed by atoms with Crippen LogP contribution < -0.4 is 4.74 Å². The van der Waals surface area contributed by atoms with Gasteiger partial charge in [0, 0.05) is 41.1 Å². The molecule has 3 aromatic carbocycles. The molecule has 2 bridgehead atoms. The molecule has 2 saturated heterocycles. The fraction of sp³-hybridized carbons (Fsp3) is 0.441. The molecule has 2 aliphatic heterocycles. The molecule has 3 aromatic rings. The van der Waals surface area contributed by atoms with Crippen LogP contribution in [0.2, 0.25) is 0 Å². The van der Waals surface area contributed by atoms with Crippen molar-refractivity contribution in [3.8, 4) is 5.75 Å². The molecule has 0 N–H and O–H groups in total. The molecule has 38 heavy (non-hydrogen) atoms. The van der Waals surface area contributed by atoms with E-state index < -0.39 is 0 Å². The molecule has 2 fully saturated rings. The van der Waals surface area contributed by atoms with E-state index in [-0.39, 0.29) is 29.5 Å². The first-order valence-electron chi connectivity index (χ1n) is 14.1. The van der Waals surface area contributed by atoms with Gasteiger partial charge in [-0.05, 0) is 65.1 Å². The number of fused-ring (bicyclic) bond motifs is 2. The van der Waals surface area contributed by atoms with Crippen molar-refractivity contribution in [1.82, 2.24) is 4.90 Å². The summed E-state index contributed by atoms with van der Waals surface area (Å²) < 4.78 is 6.53. The normalized spacial score (nSPS) is 21.1. The molecule has 0 saturated carbocycles. The minimum atomic E-state index is 0.121. The largest absolute Gasteiger partial charge is 0.490 e. The number of hydrogen-bond donors (Lipinski definition) is 0. The van der Waals surface area contributed by atoms with E-state index in [0.29, 0.717) is 5.92 Å². The summed E-state index contributed by atoms with van der Waals surface area (Å²) in [6.07, 6.45) is 4.15. The molecule has 2 aliphatic rings. The van der Waals surface area contributed by atoms with Gasteiger partial charge in [-0.2, -0.15) is 0 Å². The standard InChI is InChI=1S/C34H41NO2S/c1-23(2)29-10-6-8-12-31(29)37-28-20-26-18-19-27(21-28)35(26)33(36)25-16-14-24(15-17-25)22-38-32-13-9-7-11-30(32)34(3,4)5/h6-17,23,26-28H,18-22H2,1-5H3. The first kappa shape index (κ1) is 26.9. The molecule has 3 nitrogen and oxygen atoms in total. The van der Waals surface area contributed by atoms with Crippen LogP contribution in [0.4, 0.5) is 0 Å². The lowest BCUT2D eigenvalue weighted by Crippen LogP contribution is -2.49. The Balaban J connectivity index is 1.21. The zero-order chi connectivity index (χ0) is 26.9. The molecule has 0 radical (unpaired) electrons. The maximum absolute atomic E-state index is 13.6. The summed E-state index contributed by atoms with van der Waals surface area (Å²) in [5.41, 5.74) is 4.81. The van der Waals surface area contributed by atoms with E-state index in [1.54, 1.807) is 0 Å². The zero-order valence-electron chi connectivity index (χ0n) is 23.4. The maximum Gasteiger partial charge on any atom is 0.254 e. The quantitative estimate of drug-likeness (QED) is 0.288. The molecule has 5 rings (SSSR count). The van der Waals surface area contributed by atoms with Gasteiger partial charge in [0.15, 0.2) is 0 Å². The second-order valence-corrected chi connectivity index (χ2v) is 13.3. The fourth-order valence-electron chi connectivity index (χ4n) is 6.07. The SMILES string of the molecule is CC(C)c1ccccc1OC1CC2CCC(C1)N2C(=O)c1ccc(CSc2ccccc2C(C)(C)C)cc1. The molecule has 1 amide bonds. The predicted octanol–water partition coefficient (Wildman–Crippen LogP) is 8.61. The number of para-hydroxylation sites is 1. The number of carbonyl (C=O) groups excluding carboxylic acids is 1. The van der Waals surface area contributed by atoms with Gasteiger partial charge in [-0.25, -0.2) is 0 Å². The summed E-state index contributed by atoms with van der Waals surface area (Å²) in [5, 5.41) is 0. The lowest BCUT2D eigenvalue weighted by Gasteiger charge is -2.39. The number of ether oxygens (including phenoxy) is 1. The van der Waals surface area contributed by atoms with Crippen molar-refractivity contribution in [1.29, 1.82) is 0 Å². The van der Waals surface area contributed by atoms with E-state index in [2.05, 4.69) is 100 Å². The van der Waals surface area contributed by atoms with Crippen molar-refractivity contribution in [2.75, 3.05) is 0 Å². The van der Waals surface area contributed by atoms with Crippen molar-refractivity contribution < 1.29 is 9.53 Å². The van der Waals surface area contributed by atoms with Gasteiger partial charge < -0.3 is 9.64 Å². The second-order valence-electron chi connectivity index (χ2n) is 12.2. The molecule has 0 aliphatic carbocycles. The zero-order valence-corrected chi connectivity index (χ0v) is 24.3. The highest BCUT2D eigenvalue weighted by molar-refractivity contribution is 7.98. The number of nitrogens with zero attached hydrogens (tertiary/aromatic N) is 1. The van der Waals surface area contributed by atoms with Crippen molar-refractivity contribution in [3.05, 3.63) is 95.1 Å². The lowest BCUT2D eigenvalue weighted by molar-refractivity contribution is 0.0356. The molecule has 0 spiro atoms. The van der Waals surface area contributed by atoms with Gasteiger partial charge in [0.25, 0.3) is 5.91 Å². The summed E-state index contributed by atoms with van der Waals surface area (Å²) >= 11 is 1.87. The number of piperidine rings is 1. The number of benzene rings is 3. The molecule has 2 atom stereocenters. The number of rotatable bonds is 7. The van der Waals surface area contributed by atoms with Crippen LogP contribution in [0.5, 0.6) is 5.75 Å². The van der Waals surface area contributed by atoms with Gasteiger partial charge in [-0.3, -0.25) is 4.79 Å². The van der Waals surface area contributed by atoms with E-state index in [4.69, 9.17) is 4.74 Å². The summed E-state index contributed by atoms with van der Waals surface area (Å²) in [6.45, 7) is 11.2. The Morgan fingerprint density at radius 3 is 2.21 bits per heavy atom. The Bertz CT molecular complexity index is 1250. The van der Waals surface area contributed by atoms with Crippen LogP contribution in [-0.4, -0.2) is 29.0 Å². The van der Waals surface area contributed by atoms with Gasteiger partial charge in [0.2, 0.25) is 0 Å². The lowest BCUT2D eigenvalue weighted by atomic mass is 9.87. The van der Waals surface area contributed by atoms with Gasteiger partial charge >= 0.3 is 0 Å². The van der Waals surface area contributed by atoms with Crippen LogP contribution in [0.25, 0.3) is 0 Å². The fourth-order valence-corrected chi connectivity index (χ4v) is 7.28. The Morgan fingerprint density at radius 2 is 1.55 bits per heavy atom. The minimum Gasteiger partial charge on any atom is -0.490 e. The van der Waals surface area contributed by atoms with Crippen LogP contribution in [-0.2, 0) is 11.2 Å². The molecule has 4 heteroatoms. The second kappa shape index (κ2) is 11.2. The third-order valence-corrected chi connectivity index (χ3v) is 9.19. The van der Waals surface area contributed by atoms with E-state index in [0.717, 1.165) is 42.7 Å². The van der Waals surface area contributed by atoms with E-state index in [9.17, 15) is 4.79 Å². The molecule has 2 heterocycles. The average molecular weight is 528 g/mol. The van der Waals surface area contributed by atoms with Crippen LogP contribution in [0.3, 0.4) is 0 Å². The van der Waals surface area contributed by atoms with E-state index in [1.807, 2.05) is 23.9 Å². The van der Waals surface area contributed by atoms with Gasteiger partial charge in [-0.15, -0.1) is 11.8 Å². The first-order chi connectivity index (χ1) is 18.2. The Hall–Kier alpha value is -2.72. The number of hydrogen-bond acceptors (Lipinski definition) is 3. The molecule has 2 unspecified atom stereocenters. The monoisotopic (exact) mass is 527 g/mol. The Labute approximate surface area is 233 Å².